The average molecular weight is 187 g/mol. The van der Waals surface area contributed by atoms with Gasteiger partial charge in [-0.15, -0.1) is 0 Å². The Balaban J connectivity index is 4.44. The van der Waals surface area contributed by atoms with Gasteiger partial charge in [0.25, 0.3) is 0 Å². The highest BCUT2D eigenvalue weighted by atomic mass is 16.6. The number of esters is 1. The molecule has 0 aromatic rings. The highest BCUT2D eigenvalue weighted by Crippen LogP contribution is 2.23. The molecule has 0 amide bonds. The third-order valence-corrected chi connectivity index (χ3v) is 2.06. The van der Waals surface area contributed by atoms with E-state index in [1.54, 1.807) is 13.8 Å². The normalized spacial score (nSPS) is 15.3. The van der Waals surface area contributed by atoms with Gasteiger partial charge in [0.1, 0.15) is 5.60 Å². The summed E-state index contributed by atoms with van der Waals surface area (Å²) in [6.07, 6.45) is 0. The van der Waals surface area contributed by atoms with E-state index < -0.39 is 11.0 Å². The lowest BCUT2D eigenvalue weighted by Gasteiger charge is -2.30. The zero-order valence-corrected chi connectivity index (χ0v) is 9.47. The van der Waals surface area contributed by atoms with Gasteiger partial charge in [-0.25, -0.2) is 0 Å². The van der Waals surface area contributed by atoms with E-state index >= 15 is 0 Å². The molecule has 0 rings (SSSR count). The molecule has 0 aromatic carbocycles. The molecule has 0 aromatic heterocycles. The SMILES string of the molecule is C[C@H](N)C(C)(C)C(=O)OC(C)(C)C. The number of carbonyl (C=O) groups is 1. The average Bonchev–Trinajstić information content (AvgIpc) is 1.82. The van der Waals surface area contributed by atoms with E-state index in [0.29, 0.717) is 0 Å². The standard InChI is InChI=1S/C10H21NO2/c1-7(11)10(5,6)8(12)13-9(2,3)4/h7H,11H2,1-6H3/t7-/m0/s1. The second-order valence-corrected chi connectivity index (χ2v) is 5.01. The highest BCUT2D eigenvalue weighted by Gasteiger charge is 2.35. The van der Waals surface area contributed by atoms with Crippen LogP contribution in [0, 0.1) is 5.41 Å². The zero-order valence-electron chi connectivity index (χ0n) is 9.47. The molecule has 0 bridgehead atoms. The number of hydrogen-bond acceptors (Lipinski definition) is 3. The first-order chi connectivity index (χ1) is 5.57. The van der Waals surface area contributed by atoms with E-state index in [1.807, 2.05) is 27.7 Å². The van der Waals surface area contributed by atoms with Crippen LogP contribution < -0.4 is 5.73 Å². The van der Waals surface area contributed by atoms with Gasteiger partial charge in [-0.05, 0) is 41.5 Å². The Morgan fingerprint density at radius 1 is 1.23 bits per heavy atom. The Labute approximate surface area is 80.6 Å². The smallest absolute Gasteiger partial charge is 0.313 e. The summed E-state index contributed by atoms with van der Waals surface area (Å²) in [5.41, 5.74) is 4.63. The molecule has 3 heteroatoms. The maximum atomic E-state index is 11.6. The van der Waals surface area contributed by atoms with Crippen LogP contribution in [0.25, 0.3) is 0 Å². The van der Waals surface area contributed by atoms with Crippen LogP contribution in [0.5, 0.6) is 0 Å². The number of carbonyl (C=O) groups excluding carboxylic acids is 1. The second-order valence-electron chi connectivity index (χ2n) is 5.01. The minimum Gasteiger partial charge on any atom is -0.460 e. The maximum Gasteiger partial charge on any atom is 0.313 e. The van der Waals surface area contributed by atoms with Gasteiger partial charge in [0.15, 0.2) is 0 Å². The van der Waals surface area contributed by atoms with Crippen molar-refractivity contribution in [2.45, 2.75) is 53.2 Å². The Morgan fingerprint density at radius 3 is 1.85 bits per heavy atom. The third kappa shape index (κ3) is 3.77. The summed E-state index contributed by atoms with van der Waals surface area (Å²) in [5.74, 6) is -0.241. The fourth-order valence-electron chi connectivity index (χ4n) is 0.596. The first-order valence-corrected chi connectivity index (χ1v) is 4.56. The van der Waals surface area contributed by atoms with Gasteiger partial charge < -0.3 is 10.5 Å². The number of ether oxygens (including phenoxy) is 1. The molecular weight excluding hydrogens is 166 g/mol. The van der Waals surface area contributed by atoms with Gasteiger partial charge >= 0.3 is 5.97 Å². The highest BCUT2D eigenvalue weighted by molar-refractivity contribution is 5.77. The summed E-state index contributed by atoms with van der Waals surface area (Å²) in [4.78, 5) is 11.6. The summed E-state index contributed by atoms with van der Waals surface area (Å²) in [7, 11) is 0. The Hall–Kier alpha value is -0.570. The van der Waals surface area contributed by atoms with Crippen molar-refractivity contribution >= 4 is 5.97 Å². The van der Waals surface area contributed by atoms with E-state index in [4.69, 9.17) is 10.5 Å². The number of nitrogens with two attached hydrogens (primary N) is 1. The van der Waals surface area contributed by atoms with Crippen molar-refractivity contribution in [2.24, 2.45) is 11.1 Å². The van der Waals surface area contributed by atoms with Crippen LogP contribution in [0.4, 0.5) is 0 Å². The minimum absolute atomic E-state index is 0.206. The van der Waals surface area contributed by atoms with Gasteiger partial charge in [-0.1, -0.05) is 0 Å². The largest absolute Gasteiger partial charge is 0.460 e. The van der Waals surface area contributed by atoms with Crippen LogP contribution in [-0.4, -0.2) is 17.6 Å². The Morgan fingerprint density at radius 2 is 1.62 bits per heavy atom. The molecule has 0 aliphatic heterocycles. The van der Waals surface area contributed by atoms with Crippen LogP contribution in [0.3, 0.4) is 0 Å². The lowest BCUT2D eigenvalue weighted by molar-refractivity contribution is -0.166. The Kier molecular flexibility index (Phi) is 3.50. The predicted molar refractivity (Wildman–Crippen MR) is 53.3 cm³/mol. The molecule has 0 unspecified atom stereocenters. The molecule has 0 heterocycles. The van der Waals surface area contributed by atoms with Gasteiger partial charge in [0.2, 0.25) is 0 Å². The van der Waals surface area contributed by atoms with E-state index in [0.717, 1.165) is 0 Å². The van der Waals surface area contributed by atoms with Crippen molar-refractivity contribution in [2.75, 3.05) is 0 Å². The molecule has 0 radical (unpaired) electrons. The first kappa shape index (κ1) is 12.4. The van der Waals surface area contributed by atoms with E-state index in [2.05, 4.69) is 0 Å². The molecule has 3 nitrogen and oxygen atoms in total. The van der Waals surface area contributed by atoms with E-state index in [-0.39, 0.29) is 12.0 Å². The Bertz CT molecular complexity index is 190. The lowest BCUT2D eigenvalue weighted by atomic mass is 9.86. The third-order valence-electron chi connectivity index (χ3n) is 2.06. The first-order valence-electron chi connectivity index (χ1n) is 4.56. The summed E-state index contributed by atoms with van der Waals surface area (Å²) in [6, 6.07) is -0.206. The second kappa shape index (κ2) is 3.66. The molecule has 0 saturated heterocycles. The van der Waals surface area contributed by atoms with Gasteiger partial charge in [-0.3, -0.25) is 4.79 Å². The molecular formula is C10H21NO2. The summed E-state index contributed by atoms with van der Waals surface area (Å²) < 4.78 is 5.24. The van der Waals surface area contributed by atoms with Crippen molar-refractivity contribution in [3.63, 3.8) is 0 Å². The summed E-state index contributed by atoms with van der Waals surface area (Å²) >= 11 is 0. The van der Waals surface area contributed by atoms with Crippen LogP contribution in [0.1, 0.15) is 41.5 Å². The monoisotopic (exact) mass is 187 g/mol. The zero-order chi connectivity index (χ0) is 10.9. The quantitative estimate of drug-likeness (QED) is 0.669. The number of hydrogen-bond donors (Lipinski definition) is 1. The van der Waals surface area contributed by atoms with Gasteiger partial charge in [-0.2, -0.15) is 0 Å². The molecule has 13 heavy (non-hydrogen) atoms. The van der Waals surface area contributed by atoms with Crippen molar-refractivity contribution in [1.29, 1.82) is 0 Å². The molecule has 0 aliphatic carbocycles. The molecule has 0 saturated carbocycles. The minimum atomic E-state index is -0.618. The van der Waals surface area contributed by atoms with Gasteiger partial charge in [0, 0.05) is 6.04 Å². The maximum absolute atomic E-state index is 11.6. The summed E-state index contributed by atoms with van der Waals surface area (Å²) in [5, 5.41) is 0. The van der Waals surface area contributed by atoms with Crippen LogP contribution in [0.2, 0.25) is 0 Å². The van der Waals surface area contributed by atoms with Crippen molar-refractivity contribution < 1.29 is 9.53 Å². The molecule has 2 N–H and O–H groups in total. The van der Waals surface area contributed by atoms with Crippen molar-refractivity contribution in [3.05, 3.63) is 0 Å². The fraction of sp³-hybridized carbons (Fsp3) is 0.900. The lowest BCUT2D eigenvalue weighted by Crippen LogP contribution is -2.44. The topological polar surface area (TPSA) is 52.3 Å². The molecule has 0 spiro atoms. The van der Waals surface area contributed by atoms with Crippen molar-refractivity contribution in [3.8, 4) is 0 Å². The molecule has 1 atom stereocenters. The van der Waals surface area contributed by atoms with E-state index in [9.17, 15) is 4.79 Å². The van der Waals surface area contributed by atoms with E-state index in [1.165, 1.54) is 0 Å². The van der Waals surface area contributed by atoms with Crippen LogP contribution >= 0.6 is 0 Å². The summed E-state index contributed by atoms with van der Waals surface area (Å²) in [6.45, 7) is 11.0. The fourth-order valence-corrected chi connectivity index (χ4v) is 0.596. The molecule has 0 fully saturated rings. The molecule has 78 valence electrons. The van der Waals surface area contributed by atoms with Crippen molar-refractivity contribution in [1.82, 2.24) is 0 Å². The molecule has 0 aliphatic rings. The number of rotatable bonds is 2. The van der Waals surface area contributed by atoms with Crippen LogP contribution in [0.15, 0.2) is 0 Å². The predicted octanol–water partition coefficient (Wildman–Crippen LogP) is 1.70. The van der Waals surface area contributed by atoms with Gasteiger partial charge in [0.05, 0.1) is 5.41 Å². The van der Waals surface area contributed by atoms with Crippen LogP contribution in [-0.2, 0) is 9.53 Å².